The molecule has 2 N–H and O–H groups in total. The molecule has 1 aromatic heterocycles. The van der Waals surface area contributed by atoms with Crippen LogP contribution in [0.1, 0.15) is 17.7 Å². The molecule has 0 aliphatic heterocycles. The highest BCUT2D eigenvalue weighted by Gasteiger charge is 2.13. The van der Waals surface area contributed by atoms with Gasteiger partial charge in [0.15, 0.2) is 0 Å². The second kappa shape index (κ2) is 6.69. The van der Waals surface area contributed by atoms with Gasteiger partial charge in [0.1, 0.15) is 5.82 Å². The smallest absolute Gasteiger partial charge is 0.303 e. The number of aliphatic carboxylic acids is 1. The van der Waals surface area contributed by atoms with Crippen LogP contribution in [0.25, 0.3) is 10.4 Å². The Kier molecular flexibility index (Phi) is 4.93. The highest BCUT2D eigenvalue weighted by molar-refractivity contribution is 7.17. The van der Waals surface area contributed by atoms with Crippen molar-refractivity contribution in [2.75, 3.05) is 0 Å². The van der Waals surface area contributed by atoms with E-state index >= 15 is 0 Å². The summed E-state index contributed by atoms with van der Waals surface area (Å²) in [6.45, 7) is 0. The summed E-state index contributed by atoms with van der Waals surface area (Å²) < 4.78 is 13.8. The molecule has 0 atom stereocenters. The third-order valence-electron chi connectivity index (χ3n) is 2.78. The number of nitrogens with zero attached hydrogens (tertiary/aromatic N) is 1. The molecule has 1 aromatic carbocycles. The highest BCUT2D eigenvalue weighted by atomic mass is 35.5. The molecular weight excluding hydrogens is 317 g/mol. The molecule has 0 aliphatic rings. The van der Waals surface area contributed by atoms with Gasteiger partial charge in [-0.2, -0.15) is 0 Å². The SMILES string of the molecule is O=C(O)CCC(=NO)c1ccc(-c2ccc(Cl)cc2F)s1. The first kappa shape index (κ1) is 15.5. The molecule has 0 amide bonds. The average molecular weight is 328 g/mol. The van der Waals surface area contributed by atoms with Crippen molar-refractivity contribution in [3.8, 4) is 10.4 Å². The zero-order valence-corrected chi connectivity index (χ0v) is 12.3. The number of carboxylic acid groups (broad SMARTS) is 1. The van der Waals surface area contributed by atoms with Gasteiger partial charge < -0.3 is 10.3 Å². The second-order valence-corrected chi connectivity index (χ2v) is 5.75. The van der Waals surface area contributed by atoms with Gasteiger partial charge in [-0.1, -0.05) is 16.8 Å². The standard InChI is InChI=1S/C14H11ClFNO3S/c15-8-1-2-9(10(16)7-8)12-4-5-13(21-12)11(17-20)3-6-14(18)19/h1-2,4-5,7,20H,3,6H2,(H,18,19). The molecule has 0 radical (unpaired) electrons. The third kappa shape index (κ3) is 3.80. The van der Waals surface area contributed by atoms with E-state index in [1.54, 1.807) is 24.3 Å². The van der Waals surface area contributed by atoms with Gasteiger partial charge in [0.05, 0.1) is 17.0 Å². The van der Waals surface area contributed by atoms with Gasteiger partial charge in [-0.3, -0.25) is 4.79 Å². The first-order valence-electron chi connectivity index (χ1n) is 5.99. The summed E-state index contributed by atoms with van der Waals surface area (Å²) >= 11 is 6.93. The minimum Gasteiger partial charge on any atom is -0.481 e. The van der Waals surface area contributed by atoms with Crippen LogP contribution in [-0.2, 0) is 4.79 Å². The summed E-state index contributed by atoms with van der Waals surface area (Å²) in [5.41, 5.74) is 0.661. The van der Waals surface area contributed by atoms with Crippen molar-refractivity contribution in [2.45, 2.75) is 12.8 Å². The first-order valence-corrected chi connectivity index (χ1v) is 7.19. The zero-order valence-electron chi connectivity index (χ0n) is 10.7. The van der Waals surface area contributed by atoms with Gasteiger partial charge in [-0.05, 0) is 30.3 Å². The van der Waals surface area contributed by atoms with Crippen molar-refractivity contribution in [3.05, 3.63) is 46.0 Å². The molecule has 7 heteroatoms. The number of halogens is 2. The maximum Gasteiger partial charge on any atom is 0.303 e. The van der Waals surface area contributed by atoms with E-state index in [0.29, 0.717) is 20.3 Å². The van der Waals surface area contributed by atoms with Crippen LogP contribution >= 0.6 is 22.9 Å². The van der Waals surface area contributed by atoms with Crippen molar-refractivity contribution in [2.24, 2.45) is 5.16 Å². The fraction of sp³-hybridized carbons (Fsp3) is 0.143. The molecule has 0 fully saturated rings. The Morgan fingerprint density at radius 3 is 2.67 bits per heavy atom. The molecule has 0 bridgehead atoms. The van der Waals surface area contributed by atoms with Gasteiger partial charge in [0.25, 0.3) is 0 Å². The van der Waals surface area contributed by atoms with Crippen LogP contribution in [-0.4, -0.2) is 22.0 Å². The van der Waals surface area contributed by atoms with E-state index in [9.17, 15) is 9.18 Å². The number of hydrogen-bond donors (Lipinski definition) is 2. The van der Waals surface area contributed by atoms with Crippen LogP contribution in [0.2, 0.25) is 5.02 Å². The van der Waals surface area contributed by atoms with E-state index in [1.165, 1.54) is 17.4 Å². The number of oxime groups is 1. The average Bonchev–Trinajstić information content (AvgIpc) is 2.88. The molecule has 2 aromatic rings. The molecule has 21 heavy (non-hydrogen) atoms. The van der Waals surface area contributed by atoms with Gasteiger partial charge in [-0.15, -0.1) is 11.3 Å². The Labute approximate surface area is 129 Å². The summed E-state index contributed by atoms with van der Waals surface area (Å²) in [4.78, 5) is 11.8. The number of carboxylic acids is 1. The fourth-order valence-corrected chi connectivity index (χ4v) is 2.98. The molecule has 0 aliphatic carbocycles. The molecule has 4 nitrogen and oxygen atoms in total. The lowest BCUT2D eigenvalue weighted by molar-refractivity contribution is -0.136. The number of benzene rings is 1. The Hall–Kier alpha value is -1.92. The lowest BCUT2D eigenvalue weighted by atomic mass is 10.1. The number of hydrogen-bond acceptors (Lipinski definition) is 4. The van der Waals surface area contributed by atoms with Crippen LogP contribution in [0.3, 0.4) is 0 Å². The van der Waals surface area contributed by atoms with E-state index in [0.717, 1.165) is 0 Å². The lowest BCUT2D eigenvalue weighted by Gasteiger charge is -2.01. The van der Waals surface area contributed by atoms with E-state index in [-0.39, 0.29) is 18.6 Å². The highest BCUT2D eigenvalue weighted by Crippen LogP contribution is 2.32. The van der Waals surface area contributed by atoms with Crippen molar-refractivity contribution >= 4 is 34.6 Å². The molecule has 0 saturated carbocycles. The monoisotopic (exact) mass is 327 g/mol. The Morgan fingerprint density at radius 2 is 2.05 bits per heavy atom. The predicted octanol–water partition coefficient (Wildman–Crippen LogP) is 4.25. The maximum absolute atomic E-state index is 13.8. The third-order valence-corrected chi connectivity index (χ3v) is 4.19. The van der Waals surface area contributed by atoms with Gasteiger partial charge in [-0.25, -0.2) is 4.39 Å². The van der Waals surface area contributed by atoms with Gasteiger partial charge >= 0.3 is 5.97 Å². The molecule has 0 spiro atoms. The minimum absolute atomic E-state index is 0.106. The van der Waals surface area contributed by atoms with Crippen LogP contribution in [0.4, 0.5) is 4.39 Å². The van der Waals surface area contributed by atoms with Crippen LogP contribution in [0.15, 0.2) is 35.5 Å². The normalized spacial score (nSPS) is 11.6. The summed E-state index contributed by atoms with van der Waals surface area (Å²) in [6.07, 6.45) is -0.0309. The summed E-state index contributed by atoms with van der Waals surface area (Å²) in [7, 11) is 0. The molecule has 1 heterocycles. The fourth-order valence-electron chi connectivity index (χ4n) is 1.77. The van der Waals surface area contributed by atoms with Crippen LogP contribution in [0.5, 0.6) is 0 Å². The quantitative estimate of drug-likeness (QED) is 0.490. The molecule has 2 rings (SSSR count). The Balaban J connectivity index is 2.26. The topological polar surface area (TPSA) is 69.9 Å². The summed E-state index contributed by atoms with van der Waals surface area (Å²) in [5, 5.41) is 21.1. The van der Waals surface area contributed by atoms with Gasteiger partial charge in [0.2, 0.25) is 0 Å². The van der Waals surface area contributed by atoms with Crippen molar-refractivity contribution in [3.63, 3.8) is 0 Å². The van der Waals surface area contributed by atoms with E-state index in [4.69, 9.17) is 21.9 Å². The predicted molar refractivity (Wildman–Crippen MR) is 79.9 cm³/mol. The van der Waals surface area contributed by atoms with E-state index in [2.05, 4.69) is 5.16 Å². The summed E-state index contributed by atoms with van der Waals surface area (Å²) in [6, 6.07) is 7.75. The second-order valence-electron chi connectivity index (χ2n) is 4.23. The zero-order chi connectivity index (χ0) is 15.4. The van der Waals surface area contributed by atoms with Crippen molar-refractivity contribution < 1.29 is 19.5 Å². The number of carbonyl (C=O) groups is 1. The van der Waals surface area contributed by atoms with Crippen LogP contribution in [0, 0.1) is 5.82 Å². The molecular formula is C14H11ClFNO3S. The van der Waals surface area contributed by atoms with E-state index in [1.807, 2.05) is 0 Å². The largest absolute Gasteiger partial charge is 0.481 e. The summed E-state index contributed by atoms with van der Waals surface area (Å²) in [5.74, 6) is -1.42. The van der Waals surface area contributed by atoms with Crippen LogP contribution < -0.4 is 0 Å². The minimum atomic E-state index is -0.975. The molecule has 110 valence electrons. The Bertz CT molecular complexity index is 699. The van der Waals surface area contributed by atoms with E-state index < -0.39 is 11.8 Å². The maximum atomic E-state index is 13.8. The Morgan fingerprint density at radius 1 is 1.29 bits per heavy atom. The molecule has 0 unspecified atom stereocenters. The molecule has 0 saturated heterocycles. The number of thiophene rings is 1. The van der Waals surface area contributed by atoms with Gasteiger partial charge in [0, 0.05) is 21.9 Å². The lowest BCUT2D eigenvalue weighted by Crippen LogP contribution is -2.03. The van der Waals surface area contributed by atoms with Crippen molar-refractivity contribution in [1.29, 1.82) is 0 Å². The first-order chi connectivity index (χ1) is 10.0. The van der Waals surface area contributed by atoms with Crippen molar-refractivity contribution in [1.82, 2.24) is 0 Å². The number of rotatable bonds is 5.